The topological polar surface area (TPSA) is 34.1 Å². The molecule has 6 atom stereocenters. The summed E-state index contributed by atoms with van der Waals surface area (Å²) in [4.78, 5) is 0. The van der Waals surface area contributed by atoms with Crippen LogP contribution >= 0.6 is 0 Å². The van der Waals surface area contributed by atoms with Gasteiger partial charge in [-0.05, 0) is 55.8 Å². The third-order valence-electron chi connectivity index (χ3n) is 5.68. The van der Waals surface area contributed by atoms with Gasteiger partial charge in [0.1, 0.15) is 0 Å². The Labute approximate surface area is 109 Å². The van der Waals surface area contributed by atoms with Gasteiger partial charge in [-0.1, -0.05) is 24.3 Å². The van der Waals surface area contributed by atoms with Crippen molar-refractivity contribution in [3.63, 3.8) is 0 Å². The van der Waals surface area contributed by atoms with E-state index in [9.17, 15) is 8.42 Å². The molecule has 18 heavy (non-hydrogen) atoms. The first-order valence-corrected chi connectivity index (χ1v) is 8.86. The number of rotatable bonds is 0. The molecule has 0 bridgehead atoms. The van der Waals surface area contributed by atoms with Crippen LogP contribution in [0.25, 0.3) is 0 Å². The van der Waals surface area contributed by atoms with Gasteiger partial charge in [0.25, 0.3) is 0 Å². The van der Waals surface area contributed by atoms with Crippen LogP contribution in [0.5, 0.6) is 0 Å². The monoisotopic (exact) mass is 264 g/mol. The molecule has 3 heteroatoms. The second-order valence-electron chi connectivity index (χ2n) is 6.40. The standard InChI is InChI=1S/C15H20O2S/c16-18(17)12-7-3-1-5-10-9-11-6-2-4-8-13(18)15(11)14(10)12/h1-2,5-6,10-15H,3-4,7-9H2/t10-,11+,12+,13-,14+,15-. The van der Waals surface area contributed by atoms with E-state index < -0.39 is 9.84 Å². The molecule has 4 rings (SSSR count). The van der Waals surface area contributed by atoms with Crippen LogP contribution in [-0.4, -0.2) is 18.9 Å². The van der Waals surface area contributed by atoms with E-state index in [2.05, 4.69) is 24.3 Å². The number of hydrogen-bond acceptors (Lipinski definition) is 2. The molecule has 4 aliphatic rings. The summed E-state index contributed by atoms with van der Waals surface area (Å²) in [6.45, 7) is 0. The van der Waals surface area contributed by atoms with Crippen molar-refractivity contribution >= 4 is 9.84 Å². The van der Waals surface area contributed by atoms with Gasteiger partial charge in [0.05, 0.1) is 10.5 Å². The maximum atomic E-state index is 12.8. The minimum atomic E-state index is -2.88. The predicted octanol–water partition coefficient (Wildman–Crippen LogP) is 2.72. The summed E-state index contributed by atoms with van der Waals surface area (Å²) >= 11 is 0. The molecule has 1 saturated carbocycles. The molecule has 98 valence electrons. The Kier molecular flexibility index (Phi) is 2.33. The Balaban J connectivity index is 1.87. The van der Waals surface area contributed by atoms with Gasteiger partial charge < -0.3 is 0 Å². The van der Waals surface area contributed by atoms with E-state index in [1.165, 1.54) is 6.42 Å². The Hall–Kier alpha value is -0.570. The van der Waals surface area contributed by atoms with Gasteiger partial charge in [-0.2, -0.15) is 0 Å². The Morgan fingerprint density at radius 2 is 1.33 bits per heavy atom. The van der Waals surface area contributed by atoms with Crippen molar-refractivity contribution in [3.8, 4) is 0 Å². The van der Waals surface area contributed by atoms with E-state index in [0.717, 1.165) is 25.7 Å². The van der Waals surface area contributed by atoms with Gasteiger partial charge >= 0.3 is 0 Å². The maximum absolute atomic E-state index is 12.8. The summed E-state index contributed by atoms with van der Waals surface area (Å²) in [7, 11) is -2.88. The fraction of sp³-hybridized carbons (Fsp3) is 0.733. The summed E-state index contributed by atoms with van der Waals surface area (Å²) in [6.07, 6.45) is 13.9. The first-order valence-electron chi connectivity index (χ1n) is 7.25. The lowest BCUT2D eigenvalue weighted by Gasteiger charge is -2.20. The smallest absolute Gasteiger partial charge is 0.156 e. The lowest BCUT2D eigenvalue weighted by Crippen LogP contribution is -2.28. The van der Waals surface area contributed by atoms with Gasteiger partial charge in [0.15, 0.2) is 9.84 Å². The van der Waals surface area contributed by atoms with Crippen LogP contribution in [0.4, 0.5) is 0 Å². The minimum Gasteiger partial charge on any atom is -0.228 e. The molecule has 0 radical (unpaired) electrons. The molecule has 2 nitrogen and oxygen atoms in total. The molecule has 1 heterocycles. The fourth-order valence-corrected chi connectivity index (χ4v) is 8.12. The molecule has 2 fully saturated rings. The SMILES string of the molecule is O=S1(=O)[C@@H]2CCC=C[C@H]3C[C@H]4C=CCC[C@H]1[C@H]4[C@@H]23. The summed E-state index contributed by atoms with van der Waals surface area (Å²) < 4.78 is 25.6. The largest absolute Gasteiger partial charge is 0.228 e. The van der Waals surface area contributed by atoms with E-state index in [4.69, 9.17) is 0 Å². The zero-order valence-corrected chi connectivity index (χ0v) is 11.4. The van der Waals surface area contributed by atoms with E-state index in [0.29, 0.717) is 23.7 Å². The molecule has 0 N–H and O–H groups in total. The van der Waals surface area contributed by atoms with E-state index >= 15 is 0 Å². The average molecular weight is 264 g/mol. The fourth-order valence-electron chi connectivity index (χ4n) is 5.10. The maximum Gasteiger partial charge on any atom is 0.156 e. The van der Waals surface area contributed by atoms with Gasteiger partial charge in [-0.3, -0.25) is 0 Å². The highest BCUT2D eigenvalue weighted by Gasteiger charge is 2.61. The molecule has 0 unspecified atom stereocenters. The summed E-state index contributed by atoms with van der Waals surface area (Å²) in [5.41, 5.74) is 0. The molecule has 3 aliphatic carbocycles. The van der Waals surface area contributed by atoms with Crippen molar-refractivity contribution < 1.29 is 8.42 Å². The first-order chi connectivity index (χ1) is 8.69. The normalized spacial score (nSPS) is 51.8. The second-order valence-corrected chi connectivity index (χ2v) is 8.78. The van der Waals surface area contributed by atoms with Crippen molar-refractivity contribution in [2.45, 2.75) is 42.6 Å². The minimum absolute atomic E-state index is 0.0380. The molecule has 0 aromatic carbocycles. The highest BCUT2D eigenvalue weighted by atomic mass is 32.2. The van der Waals surface area contributed by atoms with E-state index in [1.54, 1.807) is 0 Å². The zero-order chi connectivity index (χ0) is 12.3. The van der Waals surface area contributed by atoms with Crippen LogP contribution in [0.2, 0.25) is 0 Å². The summed E-state index contributed by atoms with van der Waals surface area (Å²) in [5, 5.41) is -0.0759. The van der Waals surface area contributed by atoms with Gasteiger partial charge in [0, 0.05) is 0 Å². The average Bonchev–Trinajstić information content (AvgIpc) is 2.61. The molecule has 0 aromatic heterocycles. The third kappa shape index (κ3) is 1.31. The number of allylic oxidation sites excluding steroid dienone is 4. The number of hydrogen-bond donors (Lipinski definition) is 0. The quantitative estimate of drug-likeness (QED) is 0.630. The Morgan fingerprint density at radius 1 is 0.833 bits per heavy atom. The molecule has 1 aliphatic heterocycles. The molecular formula is C15H20O2S. The lowest BCUT2D eigenvalue weighted by atomic mass is 9.82. The van der Waals surface area contributed by atoms with Crippen molar-refractivity contribution in [2.24, 2.45) is 23.7 Å². The van der Waals surface area contributed by atoms with Crippen molar-refractivity contribution in [1.29, 1.82) is 0 Å². The molecular weight excluding hydrogens is 244 g/mol. The van der Waals surface area contributed by atoms with Crippen molar-refractivity contribution in [3.05, 3.63) is 24.3 Å². The molecule has 0 amide bonds. The third-order valence-corrected chi connectivity index (χ3v) is 8.47. The highest BCUT2D eigenvalue weighted by Crippen LogP contribution is 2.58. The summed E-state index contributed by atoms with van der Waals surface area (Å²) in [5.74, 6) is 1.89. The van der Waals surface area contributed by atoms with Crippen molar-refractivity contribution in [2.75, 3.05) is 0 Å². The highest BCUT2D eigenvalue weighted by molar-refractivity contribution is 7.93. The van der Waals surface area contributed by atoms with Gasteiger partial charge in [-0.15, -0.1) is 0 Å². The number of sulfone groups is 1. The van der Waals surface area contributed by atoms with Crippen LogP contribution in [0, 0.1) is 23.7 Å². The molecule has 0 aromatic rings. The first kappa shape index (κ1) is 11.3. The van der Waals surface area contributed by atoms with Crippen molar-refractivity contribution in [1.82, 2.24) is 0 Å². The van der Waals surface area contributed by atoms with Gasteiger partial charge in [-0.25, -0.2) is 8.42 Å². The van der Waals surface area contributed by atoms with Crippen LogP contribution in [-0.2, 0) is 9.84 Å². The predicted molar refractivity (Wildman–Crippen MR) is 71.8 cm³/mol. The van der Waals surface area contributed by atoms with Crippen LogP contribution in [0.15, 0.2) is 24.3 Å². The zero-order valence-electron chi connectivity index (χ0n) is 10.5. The molecule has 0 spiro atoms. The summed E-state index contributed by atoms with van der Waals surface area (Å²) in [6, 6.07) is 0. The molecule has 1 saturated heterocycles. The van der Waals surface area contributed by atoms with Crippen LogP contribution in [0.3, 0.4) is 0 Å². The lowest BCUT2D eigenvalue weighted by molar-refractivity contribution is 0.327. The van der Waals surface area contributed by atoms with Gasteiger partial charge in [0.2, 0.25) is 0 Å². The Bertz CT molecular complexity index is 477. The van der Waals surface area contributed by atoms with E-state index in [1.807, 2.05) is 0 Å². The van der Waals surface area contributed by atoms with Crippen LogP contribution < -0.4 is 0 Å². The van der Waals surface area contributed by atoms with E-state index in [-0.39, 0.29) is 10.5 Å². The second kappa shape index (κ2) is 3.72. The van der Waals surface area contributed by atoms with Crippen LogP contribution in [0.1, 0.15) is 32.1 Å². The Morgan fingerprint density at radius 3 is 1.83 bits per heavy atom.